The quantitative estimate of drug-likeness (QED) is 0.925. The van der Waals surface area contributed by atoms with Crippen LogP contribution in [0.25, 0.3) is 0 Å². The van der Waals surface area contributed by atoms with Crippen LogP contribution in [0.1, 0.15) is 33.6 Å². The molecule has 1 aromatic rings. The van der Waals surface area contributed by atoms with E-state index < -0.39 is 0 Å². The van der Waals surface area contributed by atoms with Crippen molar-refractivity contribution in [2.45, 2.75) is 39.2 Å². The van der Waals surface area contributed by atoms with Gasteiger partial charge in [-0.05, 0) is 39.5 Å². The lowest BCUT2D eigenvalue weighted by atomic mass is 9.97. The van der Waals surface area contributed by atoms with Crippen molar-refractivity contribution in [2.24, 2.45) is 5.92 Å². The fraction of sp³-hybridized carbons (Fsp3) is 0.667. The summed E-state index contributed by atoms with van der Waals surface area (Å²) in [7, 11) is 0. The van der Waals surface area contributed by atoms with Gasteiger partial charge in [0.15, 0.2) is 5.82 Å². The number of nitrogens with two attached hydrogens (primary N) is 1. The summed E-state index contributed by atoms with van der Waals surface area (Å²) in [5.41, 5.74) is 6.64. The normalized spacial score (nSPS) is 17.5. The van der Waals surface area contributed by atoms with Crippen molar-refractivity contribution in [3.63, 3.8) is 0 Å². The number of hydrogen-bond donors (Lipinski definition) is 1. The van der Waals surface area contributed by atoms with Crippen LogP contribution in [0.3, 0.4) is 0 Å². The number of ether oxygens (including phenoxy) is 1. The van der Waals surface area contributed by atoms with Gasteiger partial charge >= 0.3 is 0 Å². The third kappa shape index (κ3) is 3.82. The Labute approximate surface area is 120 Å². The largest absolute Gasteiger partial charge is 0.396 e. The number of piperidine rings is 1. The molecule has 0 aromatic carbocycles. The third-order valence-electron chi connectivity index (χ3n) is 3.58. The highest BCUT2D eigenvalue weighted by Crippen LogP contribution is 2.30. The third-order valence-corrected chi connectivity index (χ3v) is 3.58. The molecule has 1 aliphatic rings. The van der Waals surface area contributed by atoms with E-state index in [4.69, 9.17) is 10.5 Å². The van der Waals surface area contributed by atoms with Crippen molar-refractivity contribution in [1.29, 1.82) is 0 Å². The highest BCUT2D eigenvalue weighted by molar-refractivity contribution is 5.66. The molecule has 1 saturated heterocycles. The zero-order valence-corrected chi connectivity index (χ0v) is 12.5. The number of halogens is 1. The SMILES string of the molecule is CC(C)(C)OCC1CCN(c2c(N)cncc2F)CC1. The van der Waals surface area contributed by atoms with Gasteiger partial charge in [0.05, 0.1) is 36.0 Å². The number of anilines is 2. The standard InChI is InChI=1S/C15H24FN3O/c1-15(2,3)20-10-11-4-6-19(7-5-11)14-12(16)8-18-9-13(14)17/h8-9,11H,4-7,10,17H2,1-3H3. The molecule has 0 atom stereocenters. The first-order valence-corrected chi connectivity index (χ1v) is 7.15. The van der Waals surface area contributed by atoms with E-state index >= 15 is 0 Å². The fourth-order valence-corrected chi connectivity index (χ4v) is 2.47. The van der Waals surface area contributed by atoms with E-state index in [0.717, 1.165) is 32.5 Å². The average molecular weight is 281 g/mol. The van der Waals surface area contributed by atoms with Gasteiger partial charge in [0.1, 0.15) is 0 Å². The molecule has 1 aliphatic heterocycles. The lowest BCUT2D eigenvalue weighted by molar-refractivity contribution is -0.0257. The van der Waals surface area contributed by atoms with E-state index in [1.807, 2.05) is 4.90 Å². The van der Waals surface area contributed by atoms with E-state index in [1.165, 1.54) is 12.4 Å². The first-order valence-electron chi connectivity index (χ1n) is 7.15. The molecular formula is C15H24FN3O. The Kier molecular flexibility index (Phi) is 4.48. The van der Waals surface area contributed by atoms with E-state index in [0.29, 0.717) is 17.3 Å². The van der Waals surface area contributed by atoms with Crippen LogP contribution in [0.5, 0.6) is 0 Å². The Morgan fingerprint density at radius 3 is 2.55 bits per heavy atom. The Bertz CT molecular complexity index is 431. The van der Waals surface area contributed by atoms with Gasteiger partial charge in [-0.15, -0.1) is 0 Å². The van der Waals surface area contributed by atoms with Crippen LogP contribution < -0.4 is 10.6 Å². The first-order chi connectivity index (χ1) is 9.37. The smallest absolute Gasteiger partial charge is 0.166 e. The van der Waals surface area contributed by atoms with Gasteiger partial charge in [0.25, 0.3) is 0 Å². The van der Waals surface area contributed by atoms with Crippen LogP contribution in [0.4, 0.5) is 15.8 Å². The molecule has 0 amide bonds. The Balaban J connectivity index is 1.91. The monoisotopic (exact) mass is 281 g/mol. The topological polar surface area (TPSA) is 51.4 Å². The van der Waals surface area contributed by atoms with Crippen LogP contribution in [-0.2, 0) is 4.74 Å². The number of aromatic nitrogens is 1. The molecule has 0 aliphatic carbocycles. The molecule has 0 unspecified atom stereocenters. The minimum atomic E-state index is -0.339. The maximum Gasteiger partial charge on any atom is 0.166 e. The zero-order chi connectivity index (χ0) is 14.8. The van der Waals surface area contributed by atoms with Crippen LogP contribution in [0, 0.1) is 11.7 Å². The van der Waals surface area contributed by atoms with Gasteiger partial charge in [-0.3, -0.25) is 4.98 Å². The molecule has 4 nitrogen and oxygen atoms in total. The van der Waals surface area contributed by atoms with E-state index in [1.54, 1.807) is 0 Å². The molecule has 2 rings (SSSR count). The summed E-state index contributed by atoms with van der Waals surface area (Å²) in [5, 5.41) is 0. The number of nitrogens with zero attached hydrogens (tertiary/aromatic N) is 2. The molecule has 2 N–H and O–H groups in total. The summed E-state index contributed by atoms with van der Waals surface area (Å²) in [6.45, 7) is 8.58. The van der Waals surface area contributed by atoms with Crippen molar-refractivity contribution < 1.29 is 9.13 Å². The predicted octanol–water partition coefficient (Wildman–Crippen LogP) is 2.83. The van der Waals surface area contributed by atoms with Gasteiger partial charge in [0, 0.05) is 13.1 Å². The molecule has 20 heavy (non-hydrogen) atoms. The second-order valence-electron chi connectivity index (χ2n) is 6.41. The second kappa shape index (κ2) is 5.95. The summed E-state index contributed by atoms with van der Waals surface area (Å²) in [6, 6.07) is 0. The Morgan fingerprint density at radius 1 is 1.35 bits per heavy atom. The van der Waals surface area contributed by atoms with Gasteiger partial charge in [-0.25, -0.2) is 4.39 Å². The summed E-state index contributed by atoms with van der Waals surface area (Å²) < 4.78 is 19.7. The second-order valence-corrected chi connectivity index (χ2v) is 6.41. The highest BCUT2D eigenvalue weighted by atomic mass is 19.1. The van der Waals surface area contributed by atoms with Crippen LogP contribution >= 0.6 is 0 Å². The molecule has 2 heterocycles. The molecule has 0 saturated carbocycles. The lowest BCUT2D eigenvalue weighted by Gasteiger charge is -2.35. The molecular weight excluding hydrogens is 257 g/mol. The maximum atomic E-state index is 13.8. The number of hydrogen-bond acceptors (Lipinski definition) is 4. The molecule has 0 bridgehead atoms. The van der Waals surface area contributed by atoms with Crippen LogP contribution in [0.2, 0.25) is 0 Å². The average Bonchev–Trinajstić information content (AvgIpc) is 2.37. The number of rotatable bonds is 3. The van der Waals surface area contributed by atoms with Gasteiger partial charge < -0.3 is 15.4 Å². The van der Waals surface area contributed by atoms with Crippen molar-refractivity contribution in [3.05, 3.63) is 18.2 Å². The minimum absolute atomic E-state index is 0.0984. The number of pyridine rings is 1. The van der Waals surface area contributed by atoms with Crippen LogP contribution in [0.15, 0.2) is 12.4 Å². The summed E-state index contributed by atoms with van der Waals surface area (Å²) in [4.78, 5) is 5.78. The molecule has 5 heteroatoms. The van der Waals surface area contributed by atoms with Crippen molar-refractivity contribution in [2.75, 3.05) is 30.3 Å². The van der Waals surface area contributed by atoms with Gasteiger partial charge in [0.2, 0.25) is 0 Å². The maximum absolute atomic E-state index is 13.8. The predicted molar refractivity (Wildman–Crippen MR) is 79.2 cm³/mol. The fourth-order valence-electron chi connectivity index (χ4n) is 2.47. The van der Waals surface area contributed by atoms with Crippen molar-refractivity contribution >= 4 is 11.4 Å². The molecule has 112 valence electrons. The van der Waals surface area contributed by atoms with E-state index in [9.17, 15) is 4.39 Å². The zero-order valence-electron chi connectivity index (χ0n) is 12.5. The highest BCUT2D eigenvalue weighted by Gasteiger charge is 2.24. The van der Waals surface area contributed by atoms with Gasteiger partial charge in [-0.1, -0.05) is 0 Å². The molecule has 1 aromatic heterocycles. The molecule has 0 spiro atoms. The Morgan fingerprint density at radius 2 is 2.00 bits per heavy atom. The Hall–Kier alpha value is -1.36. The van der Waals surface area contributed by atoms with Gasteiger partial charge in [-0.2, -0.15) is 0 Å². The summed E-state index contributed by atoms with van der Waals surface area (Å²) >= 11 is 0. The minimum Gasteiger partial charge on any atom is -0.396 e. The van der Waals surface area contributed by atoms with Crippen molar-refractivity contribution in [3.8, 4) is 0 Å². The van der Waals surface area contributed by atoms with E-state index in [-0.39, 0.29) is 11.4 Å². The van der Waals surface area contributed by atoms with Crippen LogP contribution in [-0.4, -0.2) is 30.3 Å². The lowest BCUT2D eigenvalue weighted by Crippen LogP contribution is -2.37. The molecule has 1 fully saturated rings. The summed E-state index contributed by atoms with van der Waals surface area (Å²) in [5.74, 6) is 0.200. The molecule has 0 radical (unpaired) electrons. The summed E-state index contributed by atoms with van der Waals surface area (Å²) in [6.07, 6.45) is 4.72. The van der Waals surface area contributed by atoms with E-state index in [2.05, 4.69) is 25.8 Å². The number of nitrogen functional groups attached to an aromatic ring is 1. The first kappa shape index (κ1) is 15.0. The van der Waals surface area contributed by atoms with Crippen molar-refractivity contribution in [1.82, 2.24) is 4.98 Å².